The summed E-state index contributed by atoms with van der Waals surface area (Å²) >= 11 is 0. The van der Waals surface area contributed by atoms with E-state index in [9.17, 15) is 9.90 Å². The van der Waals surface area contributed by atoms with E-state index in [0.29, 0.717) is 12.1 Å². The van der Waals surface area contributed by atoms with Crippen LogP contribution in [0.15, 0.2) is 0 Å². The molecule has 0 aliphatic carbocycles. The molecule has 98 valence electrons. The van der Waals surface area contributed by atoms with Gasteiger partial charge in [0.2, 0.25) is 0 Å². The first-order valence-corrected chi connectivity index (χ1v) is 6.60. The van der Waals surface area contributed by atoms with Gasteiger partial charge in [0, 0.05) is 18.6 Å². The molecule has 2 fully saturated rings. The summed E-state index contributed by atoms with van der Waals surface area (Å²) in [5.41, 5.74) is -0.493. The molecule has 2 aliphatic rings. The highest BCUT2D eigenvalue weighted by atomic mass is 16.4. The van der Waals surface area contributed by atoms with Gasteiger partial charge in [0.15, 0.2) is 0 Å². The monoisotopic (exact) mass is 240 g/mol. The first kappa shape index (κ1) is 12.8. The highest BCUT2D eigenvalue weighted by Gasteiger charge is 2.40. The van der Waals surface area contributed by atoms with Crippen LogP contribution in [0.5, 0.6) is 0 Å². The molecule has 2 aliphatic heterocycles. The summed E-state index contributed by atoms with van der Waals surface area (Å²) in [5.74, 6) is -0.631. The van der Waals surface area contributed by atoms with Crippen molar-refractivity contribution in [2.45, 2.75) is 45.2 Å². The lowest BCUT2D eigenvalue weighted by Crippen LogP contribution is -2.47. The van der Waals surface area contributed by atoms with E-state index in [1.807, 2.05) is 6.92 Å². The molecule has 2 saturated heterocycles. The minimum absolute atomic E-state index is 0.493. The molecule has 0 aromatic carbocycles. The van der Waals surface area contributed by atoms with E-state index in [2.05, 4.69) is 23.8 Å². The Morgan fingerprint density at radius 2 is 1.94 bits per heavy atom. The summed E-state index contributed by atoms with van der Waals surface area (Å²) < 4.78 is 0. The molecule has 0 bridgehead atoms. The number of hydrogen-bond acceptors (Lipinski definition) is 3. The van der Waals surface area contributed by atoms with Gasteiger partial charge < -0.3 is 10.0 Å². The molecule has 0 aromatic heterocycles. The number of nitrogens with zero attached hydrogens (tertiary/aromatic N) is 2. The van der Waals surface area contributed by atoms with Gasteiger partial charge in [0.1, 0.15) is 0 Å². The molecule has 2 rings (SSSR count). The quantitative estimate of drug-likeness (QED) is 0.789. The van der Waals surface area contributed by atoms with Crippen LogP contribution in [0.3, 0.4) is 0 Å². The Balaban J connectivity index is 1.90. The van der Waals surface area contributed by atoms with Crippen molar-refractivity contribution in [2.75, 3.05) is 26.7 Å². The van der Waals surface area contributed by atoms with Gasteiger partial charge in [-0.15, -0.1) is 0 Å². The summed E-state index contributed by atoms with van der Waals surface area (Å²) in [6, 6.07) is 1.29. The number of carboxylic acids is 1. The van der Waals surface area contributed by atoms with Crippen LogP contribution in [0.1, 0.15) is 33.1 Å². The van der Waals surface area contributed by atoms with Gasteiger partial charge in [-0.05, 0) is 53.2 Å². The third-order valence-corrected chi connectivity index (χ3v) is 4.80. The van der Waals surface area contributed by atoms with Crippen molar-refractivity contribution >= 4 is 5.97 Å². The van der Waals surface area contributed by atoms with Crippen molar-refractivity contribution in [3.8, 4) is 0 Å². The zero-order valence-electron chi connectivity index (χ0n) is 11.1. The van der Waals surface area contributed by atoms with E-state index < -0.39 is 11.4 Å². The predicted molar refractivity (Wildman–Crippen MR) is 67.0 cm³/mol. The number of carbonyl (C=O) groups is 1. The van der Waals surface area contributed by atoms with E-state index in [1.165, 1.54) is 6.42 Å². The molecule has 2 atom stereocenters. The molecule has 0 radical (unpaired) electrons. The lowest BCUT2D eigenvalue weighted by atomic mass is 9.80. The number of rotatable bonds is 2. The third kappa shape index (κ3) is 2.47. The summed E-state index contributed by atoms with van der Waals surface area (Å²) in [4.78, 5) is 16.1. The third-order valence-electron chi connectivity index (χ3n) is 4.80. The van der Waals surface area contributed by atoms with Crippen LogP contribution in [0.25, 0.3) is 0 Å². The maximum absolute atomic E-state index is 11.2. The minimum Gasteiger partial charge on any atom is -0.481 e. The van der Waals surface area contributed by atoms with Gasteiger partial charge in [-0.2, -0.15) is 0 Å². The maximum atomic E-state index is 11.2. The molecule has 2 unspecified atom stereocenters. The van der Waals surface area contributed by atoms with Crippen LogP contribution in [-0.2, 0) is 4.79 Å². The Morgan fingerprint density at radius 1 is 1.35 bits per heavy atom. The van der Waals surface area contributed by atoms with Gasteiger partial charge in [0.25, 0.3) is 0 Å². The first-order chi connectivity index (χ1) is 7.92. The van der Waals surface area contributed by atoms with Crippen molar-refractivity contribution in [1.82, 2.24) is 9.80 Å². The highest BCUT2D eigenvalue weighted by Crippen LogP contribution is 2.33. The average Bonchev–Trinajstić information content (AvgIpc) is 2.60. The lowest BCUT2D eigenvalue weighted by molar-refractivity contribution is -0.151. The van der Waals surface area contributed by atoms with E-state index in [-0.39, 0.29) is 0 Å². The van der Waals surface area contributed by atoms with Crippen LogP contribution in [0, 0.1) is 5.41 Å². The SMILES string of the molecule is CC1CC(N2CCC(C)(C(=O)O)CC2)CN1C. The van der Waals surface area contributed by atoms with Gasteiger partial charge >= 0.3 is 5.97 Å². The smallest absolute Gasteiger partial charge is 0.309 e. The average molecular weight is 240 g/mol. The molecule has 2 heterocycles. The van der Waals surface area contributed by atoms with Crippen LogP contribution in [0.4, 0.5) is 0 Å². The van der Waals surface area contributed by atoms with Crippen molar-refractivity contribution in [1.29, 1.82) is 0 Å². The fourth-order valence-electron chi connectivity index (χ4n) is 3.02. The number of carboxylic acid groups (broad SMARTS) is 1. The number of hydrogen-bond donors (Lipinski definition) is 1. The summed E-state index contributed by atoms with van der Waals surface area (Å²) in [6.07, 6.45) is 2.80. The largest absolute Gasteiger partial charge is 0.481 e. The van der Waals surface area contributed by atoms with Crippen molar-refractivity contribution in [3.05, 3.63) is 0 Å². The number of aliphatic carboxylic acids is 1. The zero-order valence-corrected chi connectivity index (χ0v) is 11.1. The standard InChI is InChI=1S/C13H24N2O2/c1-10-8-11(9-14(10)3)15-6-4-13(2,5-7-15)12(16)17/h10-11H,4-9H2,1-3H3,(H,16,17). The molecule has 0 spiro atoms. The second kappa shape index (κ2) is 4.58. The Morgan fingerprint density at radius 3 is 2.35 bits per heavy atom. The fraction of sp³-hybridized carbons (Fsp3) is 0.923. The van der Waals surface area contributed by atoms with E-state index in [1.54, 1.807) is 0 Å². The Kier molecular flexibility index (Phi) is 3.46. The van der Waals surface area contributed by atoms with Gasteiger partial charge in [-0.3, -0.25) is 9.69 Å². The van der Waals surface area contributed by atoms with Crippen molar-refractivity contribution in [2.24, 2.45) is 5.41 Å². The molecule has 4 nitrogen and oxygen atoms in total. The van der Waals surface area contributed by atoms with Gasteiger partial charge in [-0.25, -0.2) is 0 Å². The first-order valence-electron chi connectivity index (χ1n) is 6.60. The van der Waals surface area contributed by atoms with E-state index in [0.717, 1.165) is 32.5 Å². The molecule has 0 saturated carbocycles. The van der Waals surface area contributed by atoms with Crippen molar-refractivity contribution in [3.63, 3.8) is 0 Å². The number of likely N-dealkylation sites (tertiary alicyclic amines) is 2. The molecule has 4 heteroatoms. The number of piperidine rings is 1. The van der Waals surface area contributed by atoms with E-state index in [4.69, 9.17) is 0 Å². The van der Waals surface area contributed by atoms with Gasteiger partial charge in [-0.1, -0.05) is 0 Å². The predicted octanol–water partition coefficient (Wildman–Crippen LogP) is 1.27. The Labute approximate surface area is 104 Å². The molecular weight excluding hydrogens is 216 g/mol. The minimum atomic E-state index is -0.631. The molecule has 0 aromatic rings. The van der Waals surface area contributed by atoms with Crippen LogP contribution < -0.4 is 0 Å². The van der Waals surface area contributed by atoms with Crippen LogP contribution in [0.2, 0.25) is 0 Å². The number of likely N-dealkylation sites (N-methyl/N-ethyl adjacent to an activating group) is 1. The normalized spacial score (nSPS) is 35.0. The van der Waals surface area contributed by atoms with Gasteiger partial charge in [0.05, 0.1) is 5.41 Å². The second-order valence-electron chi connectivity index (χ2n) is 6.08. The lowest BCUT2D eigenvalue weighted by Gasteiger charge is -2.39. The molecule has 17 heavy (non-hydrogen) atoms. The summed E-state index contributed by atoms with van der Waals surface area (Å²) in [7, 11) is 2.18. The zero-order chi connectivity index (χ0) is 12.6. The molecule has 1 N–H and O–H groups in total. The van der Waals surface area contributed by atoms with Crippen LogP contribution >= 0.6 is 0 Å². The van der Waals surface area contributed by atoms with Crippen molar-refractivity contribution < 1.29 is 9.90 Å². The summed E-state index contributed by atoms with van der Waals surface area (Å²) in [5, 5.41) is 9.21. The van der Waals surface area contributed by atoms with E-state index >= 15 is 0 Å². The maximum Gasteiger partial charge on any atom is 0.309 e. The fourth-order valence-corrected chi connectivity index (χ4v) is 3.02. The van der Waals surface area contributed by atoms with Crippen LogP contribution in [-0.4, -0.2) is 59.6 Å². The highest BCUT2D eigenvalue weighted by molar-refractivity contribution is 5.74. The Hall–Kier alpha value is -0.610. The summed E-state index contributed by atoms with van der Waals surface area (Å²) in [6.45, 7) is 7.16. The second-order valence-corrected chi connectivity index (χ2v) is 6.08. The Bertz CT molecular complexity index is 288. The molecule has 0 amide bonds. The molecular formula is C13H24N2O2. The topological polar surface area (TPSA) is 43.8 Å².